The Hall–Kier alpha value is -1.43. The number of amides is 1. The van der Waals surface area contributed by atoms with Gasteiger partial charge in [0, 0.05) is 18.9 Å². The number of ether oxygens (including phenoxy) is 1. The van der Waals surface area contributed by atoms with Crippen molar-refractivity contribution in [2.24, 2.45) is 17.8 Å². The largest absolute Gasteiger partial charge is 0.479 e. The first kappa shape index (κ1) is 18.6. The predicted molar refractivity (Wildman–Crippen MR) is 81.3 cm³/mol. The molecule has 22 heavy (non-hydrogen) atoms. The third-order valence-electron chi connectivity index (χ3n) is 3.65. The van der Waals surface area contributed by atoms with Crippen LogP contribution < -0.4 is 5.32 Å². The van der Waals surface area contributed by atoms with E-state index in [1.165, 1.54) is 0 Å². The lowest BCUT2D eigenvalue weighted by Crippen LogP contribution is -2.34. The van der Waals surface area contributed by atoms with Crippen molar-refractivity contribution in [1.29, 1.82) is 0 Å². The van der Waals surface area contributed by atoms with E-state index < -0.39 is 24.1 Å². The van der Waals surface area contributed by atoms with E-state index in [4.69, 9.17) is 9.84 Å². The van der Waals surface area contributed by atoms with Gasteiger partial charge in [0.05, 0.1) is 0 Å². The number of rotatable bonds is 10. The molecule has 0 unspecified atom stereocenters. The number of Topliss-reactive ketones (excluding diaryl/α,β-unsaturated/α-hetero) is 1. The van der Waals surface area contributed by atoms with Gasteiger partial charge < -0.3 is 15.2 Å². The lowest BCUT2D eigenvalue weighted by atomic mass is 9.90. The zero-order valence-electron chi connectivity index (χ0n) is 13.8. The van der Waals surface area contributed by atoms with Gasteiger partial charge in [0.25, 0.3) is 0 Å². The predicted octanol–water partition coefficient (Wildman–Crippen LogP) is 1.62. The highest BCUT2D eigenvalue weighted by molar-refractivity contribution is 5.95. The molecule has 0 bridgehead atoms. The second-order valence-electron chi connectivity index (χ2n) is 6.79. The Bertz CT molecular complexity index is 419. The van der Waals surface area contributed by atoms with E-state index in [1.54, 1.807) is 0 Å². The summed E-state index contributed by atoms with van der Waals surface area (Å²) in [6.45, 7) is 8.74. The number of carboxylic acids is 1. The lowest BCUT2D eigenvalue weighted by Gasteiger charge is -2.18. The molecule has 1 rings (SSSR count). The third-order valence-corrected chi connectivity index (χ3v) is 3.65. The smallest absolute Gasteiger partial charge is 0.336 e. The van der Waals surface area contributed by atoms with Crippen molar-refractivity contribution in [2.75, 3.05) is 6.54 Å². The summed E-state index contributed by atoms with van der Waals surface area (Å²) >= 11 is 0. The first-order chi connectivity index (χ1) is 10.2. The molecule has 1 amide bonds. The molecule has 3 atom stereocenters. The Labute approximate surface area is 131 Å². The summed E-state index contributed by atoms with van der Waals surface area (Å²) < 4.78 is 4.86. The van der Waals surface area contributed by atoms with E-state index in [1.807, 2.05) is 13.8 Å². The summed E-state index contributed by atoms with van der Waals surface area (Å²) in [5, 5.41) is 11.6. The van der Waals surface area contributed by atoms with E-state index in [9.17, 15) is 14.4 Å². The summed E-state index contributed by atoms with van der Waals surface area (Å²) in [5.41, 5.74) is 0. The molecule has 6 heteroatoms. The summed E-state index contributed by atoms with van der Waals surface area (Å²) in [5.74, 6) is -1.18. The van der Waals surface area contributed by atoms with Crippen LogP contribution in [-0.2, 0) is 19.1 Å². The quantitative estimate of drug-likeness (QED) is 0.597. The Morgan fingerprint density at radius 3 is 2.18 bits per heavy atom. The van der Waals surface area contributed by atoms with Gasteiger partial charge in [0.2, 0.25) is 5.91 Å². The average Bonchev–Trinajstić information content (AvgIpc) is 3.16. The number of carboxylic acid groups (broad SMARTS) is 1. The third kappa shape index (κ3) is 6.13. The maximum absolute atomic E-state index is 12.2. The number of aliphatic carboxylic acids is 1. The molecule has 2 N–H and O–H groups in total. The van der Waals surface area contributed by atoms with Crippen molar-refractivity contribution >= 4 is 17.7 Å². The number of ketones is 1. The zero-order valence-corrected chi connectivity index (χ0v) is 13.8. The highest BCUT2D eigenvalue weighted by atomic mass is 16.6. The van der Waals surface area contributed by atoms with Crippen LogP contribution in [0.4, 0.5) is 0 Å². The van der Waals surface area contributed by atoms with Crippen LogP contribution in [0.5, 0.6) is 0 Å². The van der Waals surface area contributed by atoms with Crippen molar-refractivity contribution < 1.29 is 24.2 Å². The maximum atomic E-state index is 12.2. The van der Waals surface area contributed by atoms with Crippen molar-refractivity contribution in [3.8, 4) is 0 Å². The minimum atomic E-state index is -1.12. The molecule has 1 saturated heterocycles. The van der Waals surface area contributed by atoms with Crippen LogP contribution in [0.2, 0.25) is 0 Å². The summed E-state index contributed by atoms with van der Waals surface area (Å²) in [6, 6.07) is 0. The fourth-order valence-electron chi connectivity index (χ4n) is 2.38. The lowest BCUT2D eigenvalue weighted by molar-refractivity contribution is -0.138. The molecular weight excluding hydrogens is 286 g/mol. The molecule has 0 spiro atoms. The van der Waals surface area contributed by atoms with Gasteiger partial charge >= 0.3 is 5.97 Å². The number of carbonyl (C=O) groups excluding carboxylic acids is 2. The summed E-state index contributed by atoms with van der Waals surface area (Å²) in [7, 11) is 0. The molecule has 0 aromatic rings. The van der Waals surface area contributed by atoms with Crippen LogP contribution in [0.1, 0.15) is 47.0 Å². The topological polar surface area (TPSA) is 96.0 Å². The second kappa shape index (κ2) is 8.27. The molecule has 1 aliphatic rings. The Morgan fingerprint density at radius 2 is 1.73 bits per heavy atom. The zero-order chi connectivity index (χ0) is 16.9. The first-order valence-corrected chi connectivity index (χ1v) is 7.91. The van der Waals surface area contributed by atoms with Crippen LogP contribution >= 0.6 is 0 Å². The Morgan fingerprint density at radius 1 is 1.09 bits per heavy atom. The molecule has 0 aromatic carbocycles. The highest BCUT2D eigenvalue weighted by Crippen LogP contribution is 2.27. The Kier molecular flexibility index (Phi) is 7.00. The number of epoxide rings is 1. The standard InChI is InChI=1S/C16H27NO5/c1-9(2)5-6-17-15(19)11(7-10(3)4)8-12(18)13-14(22-13)16(20)21/h9-11,13-14H,5-8H2,1-4H3,(H,17,19)(H,20,21)/t11-,13-,14+/m1/s1. The van der Waals surface area contributed by atoms with Gasteiger partial charge in [-0.25, -0.2) is 4.79 Å². The van der Waals surface area contributed by atoms with Gasteiger partial charge in [-0.1, -0.05) is 27.7 Å². The summed E-state index contributed by atoms with van der Waals surface area (Å²) in [6.07, 6.45) is -0.378. The monoisotopic (exact) mass is 313 g/mol. The van der Waals surface area contributed by atoms with Gasteiger partial charge in [-0.15, -0.1) is 0 Å². The normalized spacial score (nSPS) is 21.7. The minimum absolute atomic E-state index is 0.0418. The molecule has 0 aliphatic carbocycles. The second-order valence-corrected chi connectivity index (χ2v) is 6.79. The number of carbonyl (C=O) groups is 3. The minimum Gasteiger partial charge on any atom is -0.479 e. The van der Waals surface area contributed by atoms with Crippen molar-refractivity contribution in [1.82, 2.24) is 5.32 Å². The molecule has 0 saturated carbocycles. The van der Waals surface area contributed by atoms with Gasteiger partial charge in [-0.2, -0.15) is 0 Å². The van der Waals surface area contributed by atoms with E-state index in [0.717, 1.165) is 6.42 Å². The van der Waals surface area contributed by atoms with E-state index in [2.05, 4.69) is 19.2 Å². The molecule has 0 radical (unpaired) electrons. The fraction of sp³-hybridized carbons (Fsp3) is 0.812. The Balaban J connectivity index is 2.51. The summed E-state index contributed by atoms with van der Waals surface area (Å²) in [4.78, 5) is 35.0. The van der Waals surface area contributed by atoms with Gasteiger partial charge in [0.1, 0.15) is 0 Å². The molecule has 0 aromatic heterocycles. The van der Waals surface area contributed by atoms with Gasteiger partial charge in [0.15, 0.2) is 18.0 Å². The molecule has 126 valence electrons. The van der Waals surface area contributed by atoms with Crippen LogP contribution in [0, 0.1) is 17.8 Å². The molecular formula is C16H27NO5. The van der Waals surface area contributed by atoms with Crippen molar-refractivity contribution in [3.63, 3.8) is 0 Å². The van der Waals surface area contributed by atoms with Crippen LogP contribution in [0.25, 0.3) is 0 Å². The number of hydrogen-bond acceptors (Lipinski definition) is 4. The average molecular weight is 313 g/mol. The SMILES string of the molecule is CC(C)CCNC(=O)[C@@H](CC(=O)[C@H]1O[C@@H]1C(=O)O)CC(C)C. The number of hydrogen-bond donors (Lipinski definition) is 2. The van der Waals surface area contributed by atoms with E-state index in [-0.39, 0.29) is 24.0 Å². The van der Waals surface area contributed by atoms with Crippen molar-refractivity contribution in [2.45, 2.75) is 59.2 Å². The van der Waals surface area contributed by atoms with Crippen LogP contribution in [0.3, 0.4) is 0 Å². The molecule has 1 fully saturated rings. The highest BCUT2D eigenvalue weighted by Gasteiger charge is 2.50. The van der Waals surface area contributed by atoms with Gasteiger partial charge in [-0.05, 0) is 24.7 Å². The maximum Gasteiger partial charge on any atom is 0.336 e. The fourth-order valence-corrected chi connectivity index (χ4v) is 2.38. The molecule has 1 aliphatic heterocycles. The van der Waals surface area contributed by atoms with Crippen LogP contribution in [0.15, 0.2) is 0 Å². The van der Waals surface area contributed by atoms with Gasteiger partial charge in [-0.3, -0.25) is 9.59 Å². The van der Waals surface area contributed by atoms with E-state index in [0.29, 0.717) is 18.9 Å². The molecule has 1 heterocycles. The first-order valence-electron chi connectivity index (χ1n) is 7.91. The van der Waals surface area contributed by atoms with Crippen LogP contribution in [-0.4, -0.2) is 41.5 Å². The van der Waals surface area contributed by atoms with E-state index >= 15 is 0 Å². The van der Waals surface area contributed by atoms with Crippen molar-refractivity contribution in [3.05, 3.63) is 0 Å². The molecule has 6 nitrogen and oxygen atoms in total. The number of nitrogens with one attached hydrogen (secondary N) is 1.